The minimum absolute atomic E-state index is 0.0174. The molecule has 29 heavy (non-hydrogen) atoms. The maximum absolute atomic E-state index is 12.7. The van der Waals surface area contributed by atoms with Crippen LogP contribution < -0.4 is 5.32 Å². The van der Waals surface area contributed by atoms with Crippen LogP contribution in [-0.2, 0) is 22.6 Å². The Morgan fingerprint density at radius 3 is 2.55 bits per heavy atom. The van der Waals surface area contributed by atoms with Crippen molar-refractivity contribution in [2.75, 3.05) is 13.1 Å². The second-order valence-electron chi connectivity index (χ2n) is 7.84. The van der Waals surface area contributed by atoms with Crippen molar-refractivity contribution in [3.8, 4) is 0 Å². The summed E-state index contributed by atoms with van der Waals surface area (Å²) in [5.74, 6) is 0.210. The molecule has 4 rings (SSSR count). The van der Waals surface area contributed by atoms with E-state index in [0.717, 1.165) is 34.9 Å². The molecule has 0 radical (unpaired) electrons. The largest absolute Gasteiger partial charge is 0.361 e. The van der Waals surface area contributed by atoms with Gasteiger partial charge in [0, 0.05) is 42.7 Å². The maximum Gasteiger partial charge on any atom is 0.227 e. The molecule has 2 amide bonds. The number of nitrogens with zero attached hydrogens (tertiary/aromatic N) is 1. The highest BCUT2D eigenvalue weighted by Gasteiger charge is 2.27. The minimum atomic E-state index is -0.0174. The third-order valence-corrected chi connectivity index (χ3v) is 5.95. The average Bonchev–Trinajstić information content (AvgIpc) is 3.16. The van der Waals surface area contributed by atoms with Crippen LogP contribution in [0.3, 0.4) is 0 Å². The van der Waals surface area contributed by atoms with E-state index in [1.54, 1.807) is 0 Å². The highest BCUT2D eigenvalue weighted by Crippen LogP contribution is 2.22. The zero-order valence-corrected chi connectivity index (χ0v) is 16.8. The molecule has 1 fully saturated rings. The third kappa shape index (κ3) is 4.34. The number of hydrogen-bond acceptors (Lipinski definition) is 2. The molecule has 5 heteroatoms. The Balaban J connectivity index is 1.28. The van der Waals surface area contributed by atoms with E-state index in [1.807, 2.05) is 53.6 Å². The summed E-state index contributed by atoms with van der Waals surface area (Å²) in [6, 6.07) is 16.1. The van der Waals surface area contributed by atoms with Crippen LogP contribution in [0.2, 0.25) is 0 Å². The van der Waals surface area contributed by atoms with Gasteiger partial charge in [-0.25, -0.2) is 0 Å². The normalized spacial score (nSPS) is 14.9. The van der Waals surface area contributed by atoms with E-state index in [2.05, 4.69) is 23.3 Å². The lowest BCUT2D eigenvalue weighted by Gasteiger charge is -2.31. The van der Waals surface area contributed by atoms with Gasteiger partial charge in [0.2, 0.25) is 11.8 Å². The highest BCUT2D eigenvalue weighted by atomic mass is 16.2. The number of benzene rings is 2. The molecular formula is C24H27N3O2. The highest BCUT2D eigenvalue weighted by molar-refractivity contribution is 5.89. The lowest BCUT2D eigenvalue weighted by Crippen LogP contribution is -2.43. The summed E-state index contributed by atoms with van der Waals surface area (Å²) in [4.78, 5) is 30.4. The van der Waals surface area contributed by atoms with Gasteiger partial charge in [0.15, 0.2) is 0 Å². The molecule has 0 unspecified atom stereocenters. The van der Waals surface area contributed by atoms with Gasteiger partial charge in [-0.15, -0.1) is 0 Å². The van der Waals surface area contributed by atoms with Gasteiger partial charge in [-0.05, 0) is 42.5 Å². The van der Waals surface area contributed by atoms with Crippen LogP contribution in [0.15, 0.2) is 54.7 Å². The Morgan fingerprint density at radius 1 is 1.03 bits per heavy atom. The lowest BCUT2D eigenvalue weighted by atomic mass is 9.95. The predicted octanol–water partition coefficient (Wildman–Crippen LogP) is 3.57. The molecule has 0 bridgehead atoms. The van der Waals surface area contributed by atoms with Crippen molar-refractivity contribution in [1.29, 1.82) is 0 Å². The number of carbonyl (C=O) groups is 2. The van der Waals surface area contributed by atoms with Gasteiger partial charge in [0.1, 0.15) is 0 Å². The predicted molar refractivity (Wildman–Crippen MR) is 114 cm³/mol. The molecule has 2 heterocycles. The van der Waals surface area contributed by atoms with Crippen LogP contribution in [-0.4, -0.2) is 34.8 Å². The van der Waals surface area contributed by atoms with Crippen molar-refractivity contribution < 1.29 is 9.59 Å². The summed E-state index contributed by atoms with van der Waals surface area (Å²) in [6.45, 7) is 3.90. The number of amides is 2. The van der Waals surface area contributed by atoms with Gasteiger partial charge in [-0.2, -0.15) is 0 Å². The van der Waals surface area contributed by atoms with E-state index in [9.17, 15) is 9.59 Å². The smallest absolute Gasteiger partial charge is 0.227 e. The fraction of sp³-hybridized carbons (Fsp3) is 0.333. The molecule has 1 saturated heterocycles. The molecule has 0 atom stereocenters. The molecule has 5 nitrogen and oxygen atoms in total. The number of para-hydroxylation sites is 1. The van der Waals surface area contributed by atoms with Gasteiger partial charge < -0.3 is 15.2 Å². The maximum atomic E-state index is 12.7. The summed E-state index contributed by atoms with van der Waals surface area (Å²) < 4.78 is 0. The second-order valence-corrected chi connectivity index (χ2v) is 7.84. The second kappa shape index (κ2) is 8.52. The Kier molecular flexibility index (Phi) is 5.65. The Labute approximate surface area is 171 Å². The fourth-order valence-electron chi connectivity index (χ4n) is 4.08. The number of carbonyl (C=O) groups excluding carboxylic acids is 2. The summed E-state index contributed by atoms with van der Waals surface area (Å²) in [7, 11) is 0. The monoisotopic (exact) mass is 389 g/mol. The van der Waals surface area contributed by atoms with Gasteiger partial charge >= 0.3 is 0 Å². The molecular weight excluding hydrogens is 362 g/mol. The fourth-order valence-corrected chi connectivity index (χ4v) is 4.08. The number of fused-ring (bicyclic) bond motifs is 1. The molecule has 1 aliphatic rings. The van der Waals surface area contributed by atoms with E-state index in [4.69, 9.17) is 0 Å². The SMILES string of the molecule is Cc1ccccc1CNC(=O)C1CCN(C(=O)Cc2c[nH]c3ccccc23)CC1. The van der Waals surface area contributed by atoms with Crippen molar-refractivity contribution in [2.45, 2.75) is 32.7 Å². The number of H-pyrrole nitrogens is 1. The molecule has 1 aliphatic heterocycles. The molecule has 3 aromatic rings. The molecule has 0 saturated carbocycles. The quantitative estimate of drug-likeness (QED) is 0.701. The van der Waals surface area contributed by atoms with E-state index in [0.29, 0.717) is 26.1 Å². The van der Waals surface area contributed by atoms with Crippen molar-refractivity contribution in [3.05, 3.63) is 71.4 Å². The molecule has 2 N–H and O–H groups in total. The van der Waals surface area contributed by atoms with E-state index < -0.39 is 0 Å². The molecule has 0 aliphatic carbocycles. The first-order valence-corrected chi connectivity index (χ1v) is 10.3. The van der Waals surface area contributed by atoms with E-state index in [1.165, 1.54) is 5.56 Å². The number of aryl methyl sites for hydroxylation is 1. The van der Waals surface area contributed by atoms with Gasteiger partial charge in [0.05, 0.1) is 6.42 Å². The van der Waals surface area contributed by atoms with Crippen molar-refractivity contribution >= 4 is 22.7 Å². The van der Waals surface area contributed by atoms with Crippen LogP contribution in [0, 0.1) is 12.8 Å². The standard InChI is InChI=1S/C24H27N3O2/c1-17-6-2-3-7-19(17)15-26-24(29)18-10-12-27(13-11-18)23(28)14-20-16-25-22-9-5-4-8-21(20)22/h2-9,16,18,25H,10-15H2,1H3,(H,26,29). The molecule has 2 aromatic carbocycles. The Bertz CT molecular complexity index is 1020. The van der Waals surface area contributed by atoms with E-state index in [-0.39, 0.29) is 17.7 Å². The van der Waals surface area contributed by atoms with Crippen molar-refractivity contribution in [1.82, 2.24) is 15.2 Å². The minimum Gasteiger partial charge on any atom is -0.361 e. The number of aromatic nitrogens is 1. The summed E-state index contributed by atoms with van der Waals surface area (Å²) >= 11 is 0. The first kappa shape index (κ1) is 19.2. The summed E-state index contributed by atoms with van der Waals surface area (Å²) in [5, 5.41) is 4.17. The summed E-state index contributed by atoms with van der Waals surface area (Å²) in [6.07, 6.45) is 3.76. The topological polar surface area (TPSA) is 65.2 Å². The zero-order chi connectivity index (χ0) is 20.2. The molecule has 150 valence electrons. The number of aromatic amines is 1. The van der Waals surface area contributed by atoms with Crippen molar-refractivity contribution in [2.24, 2.45) is 5.92 Å². The third-order valence-electron chi connectivity index (χ3n) is 5.95. The number of likely N-dealkylation sites (tertiary alicyclic amines) is 1. The van der Waals surface area contributed by atoms with Crippen LogP contribution in [0.25, 0.3) is 10.9 Å². The van der Waals surface area contributed by atoms with Gasteiger partial charge in [-0.1, -0.05) is 42.5 Å². The number of rotatable bonds is 5. The van der Waals surface area contributed by atoms with E-state index >= 15 is 0 Å². The van der Waals surface area contributed by atoms with Gasteiger partial charge in [0.25, 0.3) is 0 Å². The molecule has 1 aromatic heterocycles. The first-order valence-electron chi connectivity index (χ1n) is 10.3. The van der Waals surface area contributed by atoms with Crippen LogP contribution >= 0.6 is 0 Å². The van der Waals surface area contributed by atoms with Crippen LogP contribution in [0.5, 0.6) is 0 Å². The number of hydrogen-bond donors (Lipinski definition) is 2. The average molecular weight is 389 g/mol. The Morgan fingerprint density at radius 2 is 1.76 bits per heavy atom. The Hall–Kier alpha value is -3.08. The number of nitrogens with one attached hydrogen (secondary N) is 2. The zero-order valence-electron chi connectivity index (χ0n) is 16.8. The van der Waals surface area contributed by atoms with Crippen LogP contribution in [0.1, 0.15) is 29.5 Å². The van der Waals surface area contributed by atoms with Crippen molar-refractivity contribution in [3.63, 3.8) is 0 Å². The van der Waals surface area contributed by atoms with Gasteiger partial charge in [-0.3, -0.25) is 9.59 Å². The summed E-state index contributed by atoms with van der Waals surface area (Å²) in [5.41, 5.74) is 4.42. The first-order chi connectivity index (χ1) is 14.1. The number of piperidine rings is 1. The lowest BCUT2D eigenvalue weighted by molar-refractivity contribution is -0.135. The van der Waals surface area contributed by atoms with Crippen LogP contribution in [0.4, 0.5) is 0 Å². The molecule has 0 spiro atoms.